The summed E-state index contributed by atoms with van der Waals surface area (Å²) in [5, 5.41) is 0.690. The molecule has 4 heteroatoms. The van der Waals surface area contributed by atoms with Crippen LogP contribution in [0.3, 0.4) is 0 Å². The SMILES string of the molecule is NCC[C@@H](N)c1ccc(Br)cc1Cl. The van der Waals surface area contributed by atoms with Gasteiger partial charge in [0.2, 0.25) is 0 Å². The molecule has 0 aliphatic rings. The maximum absolute atomic E-state index is 6.01. The predicted octanol–water partition coefficient (Wildman–Crippen LogP) is 2.45. The Kier molecular flexibility index (Phi) is 4.19. The Bertz CT molecular complexity index is 291. The average Bonchev–Trinajstić information content (AvgIpc) is 2.04. The van der Waals surface area contributed by atoms with Crippen LogP contribution < -0.4 is 11.5 Å². The van der Waals surface area contributed by atoms with E-state index < -0.39 is 0 Å². The van der Waals surface area contributed by atoms with Crippen LogP contribution in [0, 0.1) is 0 Å². The molecule has 0 amide bonds. The Morgan fingerprint density at radius 2 is 2.15 bits per heavy atom. The molecule has 1 aromatic carbocycles. The molecule has 1 rings (SSSR count). The molecular formula is C9H12BrClN2. The molecule has 0 aromatic heterocycles. The Labute approximate surface area is 91.4 Å². The summed E-state index contributed by atoms with van der Waals surface area (Å²) in [5.74, 6) is 0. The zero-order chi connectivity index (χ0) is 9.84. The van der Waals surface area contributed by atoms with Crippen LogP contribution in [0.15, 0.2) is 22.7 Å². The third-order valence-corrected chi connectivity index (χ3v) is 2.66. The largest absolute Gasteiger partial charge is 0.330 e. The molecule has 0 bridgehead atoms. The van der Waals surface area contributed by atoms with Gasteiger partial charge in [0, 0.05) is 15.5 Å². The first kappa shape index (κ1) is 11.0. The summed E-state index contributed by atoms with van der Waals surface area (Å²) in [4.78, 5) is 0. The van der Waals surface area contributed by atoms with Crippen molar-refractivity contribution in [3.63, 3.8) is 0 Å². The second kappa shape index (κ2) is 4.96. The maximum atomic E-state index is 6.01. The van der Waals surface area contributed by atoms with Crippen LogP contribution in [0.1, 0.15) is 18.0 Å². The highest BCUT2D eigenvalue weighted by molar-refractivity contribution is 9.10. The van der Waals surface area contributed by atoms with Crippen molar-refractivity contribution in [2.45, 2.75) is 12.5 Å². The molecule has 1 aromatic rings. The third kappa shape index (κ3) is 2.95. The molecular weight excluding hydrogens is 251 g/mol. The molecule has 0 saturated heterocycles. The van der Waals surface area contributed by atoms with Gasteiger partial charge in [-0.3, -0.25) is 0 Å². The summed E-state index contributed by atoms with van der Waals surface area (Å²) in [7, 11) is 0. The summed E-state index contributed by atoms with van der Waals surface area (Å²) in [6, 6.07) is 5.63. The number of hydrogen-bond acceptors (Lipinski definition) is 2. The number of halogens is 2. The molecule has 4 N–H and O–H groups in total. The summed E-state index contributed by atoms with van der Waals surface area (Å²) in [5.41, 5.74) is 12.2. The molecule has 2 nitrogen and oxygen atoms in total. The zero-order valence-electron chi connectivity index (χ0n) is 7.13. The van der Waals surface area contributed by atoms with Crippen molar-refractivity contribution < 1.29 is 0 Å². The minimum absolute atomic E-state index is 0.0643. The van der Waals surface area contributed by atoms with E-state index >= 15 is 0 Å². The van der Waals surface area contributed by atoms with Crippen molar-refractivity contribution in [2.75, 3.05) is 6.54 Å². The van der Waals surface area contributed by atoms with Gasteiger partial charge in [-0.1, -0.05) is 33.6 Å². The van der Waals surface area contributed by atoms with Gasteiger partial charge in [0.05, 0.1) is 0 Å². The Balaban J connectivity index is 2.88. The van der Waals surface area contributed by atoms with Crippen molar-refractivity contribution >= 4 is 27.5 Å². The second-order valence-corrected chi connectivity index (χ2v) is 4.17. The van der Waals surface area contributed by atoms with Crippen LogP contribution in [-0.2, 0) is 0 Å². The monoisotopic (exact) mass is 262 g/mol. The lowest BCUT2D eigenvalue weighted by atomic mass is 10.1. The molecule has 0 heterocycles. The van der Waals surface area contributed by atoms with Crippen LogP contribution in [0.2, 0.25) is 5.02 Å². The van der Waals surface area contributed by atoms with Gasteiger partial charge in [-0.25, -0.2) is 0 Å². The number of benzene rings is 1. The molecule has 0 aliphatic carbocycles. The van der Waals surface area contributed by atoms with Gasteiger partial charge >= 0.3 is 0 Å². The molecule has 13 heavy (non-hydrogen) atoms. The Morgan fingerprint density at radius 1 is 1.46 bits per heavy atom. The average molecular weight is 264 g/mol. The first-order chi connectivity index (χ1) is 6.15. The van der Waals surface area contributed by atoms with E-state index in [0.29, 0.717) is 11.6 Å². The van der Waals surface area contributed by atoms with Crippen molar-refractivity contribution in [2.24, 2.45) is 11.5 Å². The van der Waals surface area contributed by atoms with Crippen LogP contribution in [0.5, 0.6) is 0 Å². The number of nitrogens with two attached hydrogens (primary N) is 2. The van der Waals surface area contributed by atoms with E-state index in [2.05, 4.69) is 15.9 Å². The van der Waals surface area contributed by atoms with Crippen LogP contribution in [-0.4, -0.2) is 6.54 Å². The summed E-state index contributed by atoms with van der Waals surface area (Å²) in [6.45, 7) is 0.577. The predicted molar refractivity (Wildman–Crippen MR) is 59.8 cm³/mol. The van der Waals surface area contributed by atoms with Crippen molar-refractivity contribution in [3.05, 3.63) is 33.3 Å². The normalized spacial score (nSPS) is 12.9. The molecule has 0 fully saturated rings. The van der Waals surface area contributed by atoms with Crippen LogP contribution >= 0.6 is 27.5 Å². The van der Waals surface area contributed by atoms with Crippen molar-refractivity contribution in [3.8, 4) is 0 Å². The lowest BCUT2D eigenvalue weighted by Crippen LogP contribution is -2.15. The molecule has 0 saturated carbocycles. The van der Waals surface area contributed by atoms with E-state index in [1.807, 2.05) is 18.2 Å². The van der Waals surface area contributed by atoms with E-state index in [4.69, 9.17) is 23.1 Å². The van der Waals surface area contributed by atoms with Gasteiger partial charge < -0.3 is 11.5 Å². The summed E-state index contributed by atoms with van der Waals surface area (Å²) >= 11 is 9.34. The zero-order valence-corrected chi connectivity index (χ0v) is 9.48. The lowest BCUT2D eigenvalue weighted by molar-refractivity contribution is 0.661. The minimum Gasteiger partial charge on any atom is -0.330 e. The highest BCUT2D eigenvalue weighted by atomic mass is 79.9. The number of hydrogen-bond donors (Lipinski definition) is 2. The smallest absolute Gasteiger partial charge is 0.0464 e. The highest BCUT2D eigenvalue weighted by Gasteiger charge is 2.08. The van der Waals surface area contributed by atoms with Crippen LogP contribution in [0.25, 0.3) is 0 Å². The van der Waals surface area contributed by atoms with E-state index in [1.165, 1.54) is 0 Å². The van der Waals surface area contributed by atoms with Crippen molar-refractivity contribution in [1.82, 2.24) is 0 Å². The first-order valence-electron chi connectivity index (χ1n) is 4.05. The molecule has 1 atom stereocenters. The van der Waals surface area contributed by atoms with Gasteiger partial charge in [0.25, 0.3) is 0 Å². The highest BCUT2D eigenvalue weighted by Crippen LogP contribution is 2.26. The molecule has 0 spiro atoms. The standard InChI is InChI=1S/C9H12BrClN2/c10-6-1-2-7(8(11)5-6)9(13)3-4-12/h1-2,5,9H,3-4,12-13H2/t9-/m1/s1. The fourth-order valence-electron chi connectivity index (χ4n) is 1.14. The maximum Gasteiger partial charge on any atom is 0.0464 e. The van der Waals surface area contributed by atoms with Crippen molar-refractivity contribution in [1.29, 1.82) is 0 Å². The topological polar surface area (TPSA) is 52.0 Å². The molecule has 0 aliphatic heterocycles. The summed E-state index contributed by atoms with van der Waals surface area (Å²) < 4.78 is 0.959. The van der Waals surface area contributed by atoms with E-state index in [0.717, 1.165) is 16.5 Å². The fourth-order valence-corrected chi connectivity index (χ4v) is 1.95. The lowest BCUT2D eigenvalue weighted by Gasteiger charge is -2.12. The van der Waals surface area contributed by atoms with Gasteiger partial charge in [-0.05, 0) is 30.7 Å². The number of rotatable bonds is 3. The third-order valence-electron chi connectivity index (χ3n) is 1.84. The Morgan fingerprint density at radius 3 is 2.69 bits per heavy atom. The summed E-state index contributed by atoms with van der Waals surface area (Å²) in [6.07, 6.45) is 0.751. The van der Waals surface area contributed by atoms with E-state index in [1.54, 1.807) is 0 Å². The fraction of sp³-hybridized carbons (Fsp3) is 0.333. The second-order valence-electron chi connectivity index (χ2n) is 2.85. The minimum atomic E-state index is -0.0643. The quantitative estimate of drug-likeness (QED) is 0.880. The molecule has 0 radical (unpaired) electrons. The molecule has 0 unspecified atom stereocenters. The van der Waals surface area contributed by atoms with E-state index in [9.17, 15) is 0 Å². The molecule has 72 valence electrons. The first-order valence-corrected chi connectivity index (χ1v) is 5.23. The van der Waals surface area contributed by atoms with Gasteiger partial charge in [-0.2, -0.15) is 0 Å². The van der Waals surface area contributed by atoms with Gasteiger partial charge in [0.15, 0.2) is 0 Å². The van der Waals surface area contributed by atoms with Gasteiger partial charge in [-0.15, -0.1) is 0 Å². The van der Waals surface area contributed by atoms with Crippen LogP contribution in [0.4, 0.5) is 0 Å². The Hall–Kier alpha value is -0.0900. The van der Waals surface area contributed by atoms with Gasteiger partial charge in [0.1, 0.15) is 0 Å². The van der Waals surface area contributed by atoms with E-state index in [-0.39, 0.29) is 6.04 Å².